The number of aromatic amines is 1. The molecule has 0 unspecified atom stereocenters. The van der Waals surface area contributed by atoms with Crippen LogP contribution < -0.4 is 15.6 Å². The second-order valence-corrected chi connectivity index (χ2v) is 6.95. The van der Waals surface area contributed by atoms with E-state index in [-0.39, 0.29) is 10.7 Å². The number of hydrogen-bond acceptors (Lipinski definition) is 6. The highest BCUT2D eigenvalue weighted by Gasteiger charge is 2.23. The molecule has 3 N–H and O–H groups in total. The Kier molecular flexibility index (Phi) is 4.76. The zero-order valence-electron chi connectivity index (χ0n) is 11.6. The lowest BCUT2D eigenvalue weighted by atomic mass is 10.3. The molecule has 0 radical (unpaired) electrons. The number of anilines is 1. The maximum atomic E-state index is 12.5. The third-order valence-electron chi connectivity index (χ3n) is 2.71. The van der Waals surface area contributed by atoms with Gasteiger partial charge in [-0.25, -0.2) is 13.5 Å². The van der Waals surface area contributed by atoms with Gasteiger partial charge in [0.25, 0.3) is 15.6 Å². The molecule has 0 spiro atoms. The van der Waals surface area contributed by atoms with Crippen LogP contribution >= 0.6 is 11.3 Å². The fourth-order valence-electron chi connectivity index (χ4n) is 1.80. The summed E-state index contributed by atoms with van der Waals surface area (Å²) in [4.78, 5) is 11.9. The van der Waals surface area contributed by atoms with Crippen LogP contribution in [0.1, 0.15) is 17.4 Å². The van der Waals surface area contributed by atoms with Crippen LogP contribution in [0.15, 0.2) is 27.2 Å². The number of hydrogen-bond donors (Lipinski definition) is 3. The first-order valence-corrected chi connectivity index (χ1v) is 8.66. The Morgan fingerprint density at radius 2 is 2.14 bits per heavy atom. The molecule has 2 aromatic heterocycles. The van der Waals surface area contributed by atoms with Gasteiger partial charge >= 0.3 is 0 Å². The Morgan fingerprint density at radius 1 is 1.38 bits per heavy atom. The second kappa shape index (κ2) is 6.37. The van der Waals surface area contributed by atoms with Gasteiger partial charge in [0.15, 0.2) is 5.82 Å². The maximum absolute atomic E-state index is 12.5. The van der Waals surface area contributed by atoms with Crippen LogP contribution in [0.5, 0.6) is 0 Å². The van der Waals surface area contributed by atoms with Crippen molar-refractivity contribution in [2.75, 3.05) is 11.3 Å². The topological polar surface area (TPSA) is 104 Å². The minimum atomic E-state index is -3.74. The summed E-state index contributed by atoms with van der Waals surface area (Å²) in [5.74, 6) is 0.0783. The Bertz CT molecular complexity index is 760. The Morgan fingerprint density at radius 3 is 2.76 bits per heavy atom. The lowest BCUT2D eigenvalue weighted by molar-refractivity contribution is 0.598. The molecule has 0 aliphatic heterocycles. The van der Waals surface area contributed by atoms with Crippen molar-refractivity contribution in [1.82, 2.24) is 15.5 Å². The van der Waals surface area contributed by atoms with Crippen molar-refractivity contribution < 1.29 is 8.42 Å². The number of aryl methyl sites for hydroxylation is 1. The maximum Gasteiger partial charge on any atom is 0.264 e. The van der Waals surface area contributed by atoms with Crippen LogP contribution in [-0.2, 0) is 16.6 Å². The number of aromatic nitrogens is 2. The number of H-pyrrole nitrogens is 1. The number of nitrogens with zero attached hydrogens (tertiary/aromatic N) is 1. The Hall–Kier alpha value is -1.71. The van der Waals surface area contributed by atoms with Gasteiger partial charge in [-0.1, -0.05) is 6.92 Å². The first-order valence-electron chi connectivity index (χ1n) is 6.30. The number of thiophene rings is 1. The molecule has 0 amide bonds. The van der Waals surface area contributed by atoms with Crippen LogP contribution in [0.4, 0.5) is 5.82 Å². The van der Waals surface area contributed by atoms with E-state index in [4.69, 9.17) is 0 Å². The second-order valence-electron chi connectivity index (χ2n) is 4.36. The summed E-state index contributed by atoms with van der Waals surface area (Å²) in [7, 11) is -3.74. The van der Waals surface area contributed by atoms with Crippen LogP contribution in [0, 0.1) is 6.92 Å². The molecule has 2 rings (SSSR count). The van der Waals surface area contributed by atoms with E-state index in [0.717, 1.165) is 11.4 Å². The highest BCUT2D eigenvalue weighted by atomic mass is 32.2. The van der Waals surface area contributed by atoms with Gasteiger partial charge in [0.2, 0.25) is 0 Å². The van der Waals surface area contributed by atoms with E-state index in [9.17, 15) is 13.2 Å². The van der Waals surface area contributed by atoms with Crippen LogP contribution in [-0.4, -0.2) is 25.2 Å². The highest BCUT2D eigenvalue weighted by Crippen LogP contribution is 2.28. The molecule has 0 saturated carbocycles. The molecule has 0 saturated heterocycles. The molecule has 0 aromatic carbocycles. The molecular formula is C12H16N4O3S2. The first-order chi connectivity index (χ1) is 9.94. The number of rotatable bonds is 6. The third-order valence-corrected chi connectivity index (χ3v) is 5.53. The van der Waals surface area contributed by atoms with E-state index in [1.54, 1.807) is 6.92 Å². The van der Waals surface area contributed by atoms with Gasteiger partial charge in [-0.2, -0.15) is 5.10 Å². The molecule has 2 heterocycles. The van der Waals surface area contributed by atoms with Crippen LogP contribution in [0.3, 0.4) is 0 Å². The van der Waals surface area contributed by atoms with Gasteiger partial charge in [-0.05, 0) is 30.5 Å². The summed E-state index contributed by atoms with van der Waals surface area (Å²) < 4.78 is 27.4. The summed E-state index contributed by atoms with van der Waals surface area (Å²) in [6.45, 7) is 4.95. The molecule has 114 valence electrons. The van der Waals surface area contributed by atoms with Crippen molar-refractivity contribution in [2.45, 2.75) is 25.3 Å². The van der Waals surface area contributed by atoms with Gasteiger partial charge in [-0.15, -0.1) is 11.3 Å². The monoisotopic (exact) mass is 328 g/mol. The minimum Gasteiger partial charge on any atom is -0.312 e. The standard InChI is InChI=1S/C12H16N4O3S2/c1-3-13-6-9-12(8(2)7-20-9)21(18,19)16-10-4-5-11(17)15-14-10/h4-5,7,13H,3,6H2,1-2H3,(H,14,16)(H,15,17). The Labute approximate surface area is 126 Å². The van der Waals surface area contributed by atoms with E-state index >= 15 is 0 Å². The van der Waals surface area contributed by atoms with Gasteiger partial charge in [0.1, 0.15) is 4.90 Å². The molecular weight excluding hydrogens is 312 g/mol. The van der Waals surface area contributed by atoms with Crippen molar-refractivity contribution >= 4 is 27.2 Å². The quantitative estimate of drug-likeness (QED) is 0.735. The van der Waals surface area contributed by atoms with Gasteiger partial charge in [0, 0.05) is 17.5 Å². The molecule has 0 fully saturated rings. The molecule has 0 atom stereocenters. The molecule has 0 aliphatic carbocycles. The zero-order valence-corrected chi connectivity index (χ0v) is 13.3. The predicted octanol–water partition coefficient (Wildman–Crippen LogP) is 1.05. The van der Waals surface area contributed by atoms with Crippen LogP contribution in [0.2, 0.25) is 0 Å². The average molecular weight is 328 g/mol. The lowest BCUT2D eigenvalue weighted by Gasteiger charge is -2.09. The highest BCUT2D eigenvalue weighted by molar-refractivity contribution is 7.93. The van der Waals surface area contributed by atoms with Crippen molar-refractivity contribution in [2.24, 2.45) is 0 Å². The average Bonchev–Trinajstić information content (AvgIpc) is 2.81. The minimum absolute atomic E-state index is 0.0783. The summed E-state index contributed by atoms with van der Waals surface area (Å²) in [6, 6.07) is 2.53. The van der Waals surface area contributed by atoms with Crippen molar-refractivity contribution in [3.63, 3.8) is 0 Å². The number of nitrogens with one attached hydrogen (secondary N) is 3. The van der Waals surface area contributed by atoms with Gasteiger partial charge in [0.05, 0.1) is 0 Å². The zero-order chi connectivity index (χ0) is 15.5. The third kappa shape index (κ3) is 3.69. The first kappa shape index (κ1) is 15.7. The predicted molar refractivity (Wildman–Crippen MR) is 82.1 cm³/mol. The normalized spacial score (nSPS) is 11.5. The molecule has 9 heteroatoms. The summed E-state index contributed by atoms with van der Waals surface area (Å²) in [5.41, 5.74) is 0.294. The van der Waals surface area contributed by atoms with Crippen molar-refractivity contribution in [3.8, 4) is 0 Å². The van der Waals surface area contributed by atoms with Gasteiger partial charge in [-0.3, -0.25) is 9.52 Å². The summed E-state index contributed by atoms with van der Waals surface area (Å²) in [6.07, 6.45) is 0. The summed E-state index contributed by atoms with van der Waals surface area (Å²) >= 11 is 1.40. The SMILES string of the molecule is CCNCc1scc(C)c1S(=O)(=O)Nc1ccc(=O)[nH]n1. The number of sulfonamides is 1. The largest absolute Gasteiger partial charge is 0.312 e. The van der Waals surface area contributed by atoms with E-state index in [2.05, 4.69) is 20.2 Å². The molecule has 0 bridgehead atoms. The Balaban J connectivity index is 2.33. The summed E-state index contributed by atoms with van der Waals surface area (Å²) in [5, 5.41) is 10.8. The fraction of sp³-hybridized carbons (Fsp3) is 0.333. The van der Waals surface area contributed by atoms with Gasteiger partial charge < -0.3 is 5.32 Å². The van der Waals surface area contributed by atoms with E-state index in [0.29, 0.717) is 12.1 Å². The molecule has 7 nitrogen and oxygen atoms in total. The van der Waals surface area contributed by atoms with E-state index in [1.807, 2.05) is 12.3 Å². The fourth-order valence-corrected chi connectivity index (χ4v) is 4.58. The molecule has 2 aromatic rings. The van der Waals surface area contributed by atoms with E-state index in [1.165, 1.54) is 23.5 Å². The van der Waals surface area contributed by atoms with Crippen molar-refractivity contribution in [3.05, 3.63) is 38.3 Å². The molecule has 21 heavy (non-hydrogen) atoms. The smallest absolute Gasteiger partial charge is 0.264 e. The van der Waals surface area contributed by atoms with Crippen LogP contribution in [0.25, 0.3) is 0 Å². The van der Waals surface area contributed by atoms with Crippen molar-refractivity contribution in [1.29, 1.82) is 0 Å². The van der Waals surface area contributed by atoms with E-state index < -0.39 is 15.6 Å². The lowest BCUT2D eigenvalue weighted by Crippen LogP contribution is -2.19. The molecule has 0 aliphatic rings.